The van der Waals surface area contributed by atoms with E-state index in [4.69, 9.17) is 0 Å². The molecule has 0 amide bonds. The van der Waals surface area contributed by atoms with E-state index < -0.39 is 5.41 Å². The van der Waals surface area contributed by atoms with Crippen LogP contribution in [-0.2, 0) is 26.5 Å². The summed E-state index contributed by atoms with van der Waals surface area (Å²) in [6.45, 7) is 4.24. The standard InChI is InChI=1S/C43H31N5.Pt/c1-44-24-25-46(28-44)32-15-10-14-31(26-32)43(30-12-4-3-5-13-30)36-18-11-17-35-34-16-6-7-19-38(34)48(42(35)36)39-23-22-33(27-37(39)43)47-29-45(2)40-20-8-9-21-41(40)47;/h3-25,28-29H,1-2H3;/q-4;+4. The molecule has 6 aromatic carbocycles. The van der Waals surface area contributed by atoms with Crippen LogP contribution in [0.25, 0.3) is 27.5 Å². The van der Waals surface area contributed by atoms with Gasteiger partial charge in [0.2, 0.25) is 0 Å². The van der Waals surface area contributed by atoms with Gasteiger partial charge in [0.05, 0.1) is 0 Å². The molecule has 0 aliphatic carbocycles. The van der Waals surface area contributed by atoms with Gasteiger partial charge >= 0.3 is 21.1 Å². The molecular formula is C43H31N5Pt. The van der Waals surface area contributed by atoms with Gasteiger partial charge in [-0.25, -0.2) is 0 Å². The first kappa shape index (κ1) is 29.9. The summed E-state index contributed by atoms with van der Waals surface area (Å²) in [5.74, 6) is 0. The molecule has 0 fully saturated rings. The van der Waals surface area contributed by atoms with Crippen molar-refractivity contribution < 1.29 is 21.1 Å². The zero-order valence-corrected chi connectivity index (χ0v) is 29.3. The molecular weight excluding hydrogens is 782 g/mol. The van der Waals surface area contributed by atoms with E-state index in [2.05, 4.69) is 196 Å². The van der Waals surface area contributed by atoms with Crippen LogP contribution in [0.15, 0.2) is 140 Å². The quantitative estimate of drug-likeness (QED) is 0.165. The normalized spacial score (nSPS) is 17.5. The third-order valence-corrected chi connectivity index (χ3v) is 10.1. The van der Waals surface area contributed by atoms with Gasteiger partial charge in [-0.15, -0.1) is 34.6 Å². The van der Waals surface area contributed by atoms with Crippen LogP contribution < -0.4 is 14.7 Å². The first-order chi connectivity index (χ1) is 23.6. The maximum Gasteiger partial charge on any atom is 4.00 e. The molecule has 0 radical (unpaired) electrons. The summed E-state index contributed by atoms with van der Waals surface area (Å²) < 4.78 is 2.46. The van der Waals surface area contributed by atoms with Crippen LogP contribution in [0, 0.1) is 25.5 Å². The molecule has 4 heterocycles. The Hall–Kier alpha value is -5.25. The van der Waals surface area contributed by atoms with E-state index in [-0.39, 0.29) is 21.1 Å². The molecule has 1 unspecified atom stereocenters. The molecule has 0 bridgehead atoms. The van der Waals surface area contributed by atoms with Crippen LogP contribution in [0.5, 0.6) is 0 Å². The first-order valence-electron chi connectivity index (χ1n) is 16.3. The van der Waals surface area contributed by atoms with Crippen molar-refractivity contribution in [3.63, 3.8) is 0 Å². The maximum atomic E-state index is 4.07. The second-order valence-corrected chi connectivity index (χ2v) is 12.8. The fraction of sp³-hybridized carbons (Fsp3) is 0.0698. The number of anilines is 4. The van der Waals surface area contributed by atoms with Gasteiger partial charge in [0.15, 0.2) is 0 Å². The molecule has 3 aliphatic heterocycles. The number of rotatable bonds is 4. The minimum absolute atomic E-state index is 0. The van der Waals surface area contributed by atoms with E-state index in [0.29, 0.717) is 0 Å². The predicted molar refractivity (Wildman–Crippen MR) is 195 cm³/mol. The number of hydrogen-bond acceptors (Lipinski definition) is 4. The summed E-state index contributed by atoms with van der Waals surface area (Å²) in [5, 5.41) is 2.49. The van der Waals surface area contributed by atoms with E-state index in [9.17, 15) is 0 Å². The molecule has 49 heavy (non-hydrogen) atoms. The summed E-state index contributed by atoms with van der Waals surface area (Å²) in [6, 6.07) is 54.1. The third-order valence-electron chi connectivity index (χ3n) is 10.1. The average molecular weight is 813 g/mol. The minimum Gasteiger partial charge on any atom is -0.510 e. The van der Waals surface area contributed by atoms with E-state index in [1.165, 1.54) is 38.6 Å². The zero-order valence-electron chi connectivity index (χ0n) is 27.0. The molecule has 6 heteroatoms. The molecule has 0 spiro atoms. The van der Waals surface area contributed by atoms with Gasteiger partial charge in [0.1, 0.15) is 0 Å². The number of fused-ring (bicyclic) bond motifs is 6. The van der Waals surface area contributed by atoms with E-state index >= 15 is 0 Å². The topological polar surface area (TPSA) is 17.9 Å². The van der Waals surface area contributed by atoms with Crippen molar-refractivity contribution in [2.24, 2.45) is 0 Å². The molecule has 0 N–H and O–H groups in total. The first-order valence-corrected chi connectivity index (χ1v) is 16.3. The van der Waals surface area contributed by atoms with Gasteiger partial charge < -0.3 is 24.2 Å². The summed E-state index contributed by atoms with van der Waals surface area (Å²) in [5.41, 5.74) is 11.7. The second-order valence-electron chi connectivity index (χ2n) is 12.8. The Balaban J connectivity index is 0.00000325. The van der Waals surface area contributed by atoms with Crippen LogP contribution in [0.1, 0.15) is 22.3 Å². The van der Waals surface area contributed by atoms with Crippen LogP contribution in [-0.4, -0.2) is 23.6 Å². The molecule has 7 aromatic rings. The van der Waals surface area contributed by atoms with Gasteiger partial charge in [0.25, 0.3) is 0 Å². The smallest absolute Gasteiger partial charge is 0.510 e. The second kappa shape index (κ2) is 11.1. The maximum absolute atomic E-state index is 4.07. The van der Waals surface area contributed by atoms with Crippen LogP contribution >= 0.6 is 0 Å². The van der Waals surface area contributed by atoms with Gasteiger partial charge in [-0.3, -0.25) is 0 Å². The Labute approximate surface area is 301 Å². The zero-order chi connectivity index (χ0) is 32.0. The van der Waals surface area contributed by atoms with Gasteiger partial charge in [-0.1, -0.05) is 84.6 Å². The number of hydrogen-bond donors (Lipinski definition) is 0. The molecule has 1 atom stereocenters. The van der Waals surface area contributed by atoms with Crippen LogP contribution in [0.4, 0.5) is 22.7 Å². The number of benzene rings is 6. The predicted octanol–water partition coefficient (Wildman–Crippen LogP) is 9.13. The molecule has 5 nitrogen and oxygen atoms in total. The summed E-state index contributed by atoms with van der Waals surface area (Å²) in [7, 11) is 4.15. The Morgan fingerprint density at radius 3 is 2.18 bits per heavy atom. The van der Waals surface area contributed by atoms with Crippen LogP contribution in [0.2, 0.25) is 0 Å². The molecule has 1 aromatic heterocycles. The number of nitrogens with zero attached hydrogens (tertiary/aromatic N) is 5. The minimum atomic E-state index is -0.715. The molecule has 0 saturated heterocycles. The van der Waals surface area contributed by atoms with Crippen molar-refractivity contribution in [1.29, 1.82) is 0 Å². The van der Waals surface area contributed by atoms with E-state index in [1.807, 2.05) is 7.05 Å². The molecule has 3 aliphatic rings. The van der Waals surface area contributed by atoms with Crippen molar-refractivity contribution in [3.8, 4) is 5.69 Å². The molecule has 0 saturated carbocycles. The third kappa shape index (κ3) is 4.15. The van der Waals surface area contributed by atoms with Gasteiger partial charge in [-0.2, -0.15) is 43.7 Å². The van der Waals surface area contributed by atoms with Crippen molar-refractivity contribution in [1.82, 2.24) is 9.47 Å². The average Bonchev–Trinajstić information content (AvgIpc) is 3.83. The molecule has 10 rings (SSSR count). The van der Waals surface area contributed by atoms with Crippen molar-refractivity contribution in [2.45, 2.75) is 5.41 Å². The van der Waals surface area contributed by atoms with Crippen molar-refractivity contribution >= 4 is 44.6 Å². The van der Waals surface area contributed by atoms with Crippen LogP contribution in [0.3, 0.4) is 0 Å². The summed E-state index contributed by atoms with van der Waals surface area (Å²) in [4.78, 5) is 8.63. The number of para-hydroxylation sites is 4. The Morgan fingerprint density at radius 2 is 1.35 bits per heavy atom. The molecule has 238 valence electrons. The Morgan fingerprint density at radius 1 is 0.592 bits per heavy atom. The van der Waals surface area contributed by atoms with E-state index in [1.54, 1.807) is 0 Å². The fourth-order valence-electron chi connectivity index (χ4n) is 8.09. The number of aromatic nitrogens is 1. The Kier molecular flexibility index (Phi) is 6.79. The van der Waals surface area contributed by atoms with Gasteiger partial charge in [-0.05, 0) is 55.8 Å². The summed E-state index contributed by atoms with van der Waals surface area (Å²) >= 11 is 0. The van der Waals surface area contributed by atoms with Gasteiger partial charge in [0, 0.05) is 38.6 Å². The SMILES string of the molecule is CN1C=CN(c2[c-]c(C3(c4ccccc4)c4[c-]c(N5[CH-]N(C)c6ccccc65)ccc4-n4c5ccccc5c5cccc3c54)ccc2)[CH-]1.[Pt+4]. The van der Waals surface area contributed by atoms with E-state index in [0.717, 1.165) is 33.9 Å². The largest absolute Gasteiger partial charge is 4.00 e. The summed E-state index contributed by atoms with van der Waals surface area (Å²) in [6.07, 6.45) is 4.14. The fourth-order valence-corrected chi connectivity index (χ4v) is 8.09. The monoisotopic (exact) mass is 812 g/mol. The van der Waals surface area contributed by atoms with Crippen molar-refractivity contribution in [3.05, 3.63) is 188 Å². The van der Waals surface area contributed by atoms with Crippen molar-refractivity contribution in [2.75, 3.05) is 28.8 Å². The Bertz CT molecular complexity index is 2430.